The Labute approximate surface area is 193 Å². The number of unbranched alkanes of at least 4 members (excludes halogenated alkanes) is 5. The topological polar surface area (TPSA) is 0 Å². The van der Waals surface area contributed by atoms with Gasteiger partial charge >= 0.3 is 0 Å². The van der Waals surface area contributed by atoms with Gasteiger partial charge in [0.15, 0.2) is 0 Å². The van der Waals surface area contributed by atoms with Crippen molar-refractivity contribution in [1.29, 1.82) is 0 Å². The molecule has 0 amide bonds. The molecule has 28 heavy (non-hydrogen) atoms. The molecule has 0 nitrogen and oxygen atoms in total. The minimum atomic E-state index is 0. The van der Waals surface area contributed by atoms with Crippen molar-refractivity contribution in [3.63, 3.8) is 0 Å². The van der Waals surface area contributed by atoms with E-state index >= 15 is 0 Å². The minimum Gasteiger partial charge on any atom is -0.268 e. The summed E-state index contributed by atoms with van der Waals surface area (Å²) in [5.41, 5.74) is 10.2. The van der Waals surface area contributed by atoms with Crippen molar-refractivity contribution in [1.82, 2.24) is 0 Å². The summed E-state index contributed by atoms with van der Waals surface area (Å²) in [6.45, 7) is 13.3. The van der Waals surface area contributed by atoms with Crippen LogP contribution in [0.3, 0.4) is 0 Å². The maximum atomic E-state index is 3.50. The Balaban J connectivity index is 0.000000307. The zero-order chi connectivity index (χ0) is 19.8. The fourth-order valence-corrected chi connectivity index (χ4v) is 4.01. The van der Waals surface area contributed by atoms with Crippen molar-refractivity contribution < 1.29 is 25.8 Å². The molecule has 2 aromatic rings. The van der Waals surface area contributed by atoms with Crippen LogP contribution in [0.2, 0.25) is 0 Å². The first-order valence-corrected chi connectivity index (χ1v) is 10.8. The van der Waals surface area contributed by atoms with Crippen molar-refractivity contribution in [2.24, 2.45) is 0 Å². The molecule has 3 rings (SSSR count). The summed E-state index contributed by atoms with van der Waals surface area (Å²) >= 11 is 0. The van der Waals surface area contributed by atoms with E-state index in [0.717, 1.165) is 0 Å². The molecule has 152 valence electrons. The smallest absolute Gasteiger partial charge is 0 e. The van der Waals surface area contributed by atoms with Gasteiger partial charge in [-0.15, -0.1) is 11.6 Å². The third-order valence-corrected chi connectivity index (χ3v) is 6.47. The van der Waals surface area contributed by atoms with Gasteiger partial charge in [-0.1, -0.05) is 111 Å². The molecule has 2 aromatic carbocycles. The standard InChI is InChI=1S/C17H23.C10H15.Hf/c1-2-3-4-5-6-7-10-15-13-14-16-11-8-9-12-17(15)16;1-6-7(2)9(4)10(5)8(6)3;/h8-9,11-12,14-15H,2-7,10H2,1H3;1-5H3;/q2*-1;. The molecule has 0 saturated carbocycles. The molecule has 1 heteroatoms. The zero-order valence-corrected chi connectivity index (χ0v) is 22.5. The molecule has 1 aliphatic carbocycles. The number of rotatable bonds is 7. The number of fused-ring (bicyclic) bond motifs is 1. The van der Waals surface area contributed by atoms with Crippen molar-refractivity contribution in [3.05, 3.63) is 69.3 Å². The van der Waals surface area contributed by atoms with Gasteiger partial charge in [-0.25, -0.2) is 6.08 Å². The fraction of sp³-hybridized carbons (Fsp3) is 0.519. The maximum Gasteiger partial charge on any atom is 0 e. The van der Waals surface area contributed by atoms with E-state index in [2.05, 4.69) is 78.0 Å². The molecule has 1 atom stereocenters. The summed E-state index contributed by atoms with van der Waals surface area (Å²) in [6, 6.07) is 8.72. The van der Waals surface area contributed by atoms with Gasteiger partial charge < -0.3 is 0 Å². The van der Waals surface area contributed by atoms with E-state index in [1.165, 1.54) is 83.9 Å². The number of allylic oxidation sites excluding steroid dienone is 1. The first kappa shape index (κ1) is 25.2. The summed E-state index contributed by atoms with van der Waals surface area (Å²) in [7, 11) is 0. The van der Waals surface area contributed by atoms with Crippen molar-refractivity contribution in [3.8, 4) is 0 Å². The largest absolute Gasteiger partial charge is 0.268 e. The Morgan fingerprint density at radius 2 is 1.43 bits per heavy atom. The molecule has 0 heterocycles. The average molecular weight is 541 g/mol. The Morgan fingerprint density at radius 1 is 0.857 bits per heavy atom. The monoisotopic (exact) mass is 542 g/mol. The molecule has 0 aliphatic heterocycles. The van der Waals surface area contributed by atoms with Crippen LogP contribution in [0.4, 0.5) is 0 Å². The maximum absolute atomic E-state index is 3.50. The second-order valence-electron chi connectivity index (χ2n) is 8.17. The number of benzene rings is 1. The van der Waals surface area contributed by atoms with Crippen molar-refractivity contribution in [2.45, 2.75) is 92.4 Å². The summed E-state index contributed by atoms with van der Waals surface area (Å²) in [5.74, 6) is 0.567. The van der Waals surface area contributed by atoms with E-state index in [1.807, 2.05) is 0 Å². The fourth-order valence-electron chi connectivity index (χ4n) is 4.01. The van der Waals surface area contributed by atoms with Crippen LogP contribution in [0.5, 0.6) is 0 Å². The molecule has 1 aliphatic rings. The molecule has 1 unspecified atom stereocenters. The molecule has 0 radical (unpaired) electrons. The van der Waals surface area contributed by atoms with Crippen LogP contribution in [0, 0.1) is 40.7 Å². The van der Waals surface area contributed by atoms with E-state index in [4.69, 9.17) is 0 Å². The third kappa shape index (κ3) is 6.61. The molecular formula is C27H38Hf-2. The molecule has 0 aromatic heterocycles. The number of hydrogen-bond acceptors (Lipinski definition) is 0. The van der Waals surface area contributed by atoms with Crippen LogP contribution < -0.4 is 0 Å². The van der Waals surface area contributed by atoms with E-state index in [-0.39, 0.29) is 25.8 Å². The van der Waals surface area contributed by atoms with Crippen molar-refractivity contribution in [2.75, 3.05) is 0 Å². The van der Waals surface area contributed by atoms with Gasteiger partial charge in [-0.2, -0.15) is 33.4 Å². The predicted molar refractivity (Wildman–Crippen MR) is 121 cm³/mol. The third-order valence-electron chi connectivity index (χ3n) is 6.47. The van der Waals surface area contributed by atoms with Crippen LogP contribution in [0.1, 0.15) is 96.7 Å². The summed E-state index contributed by atoms with van der Waals surface area (Å²) in [5, 5.41) is 0. The van der Waals surface area contributed by atoms with E-state index in [0.29, 0.717) is 5.92 Å². The van der Waals surface area contributed by atoms with Crippen LogP contribution in [0.15, 0.2) is 24.3 Å². The molecule has 0 spiro atoms. The quantitative estimate of drug-likeness (QED) is 0.188. The second-order valence-corrected chi connectivity index (χ2v) is 8.17. The van der Waals surface area contributed by atoms with E-state index in [9.17, 15) is 0 Å². The van der Waals surface area contributed by atoms with Crippen LogP contribution >= 0.6 is 0 Å². The number of hydrogen-bond donors (Lipinski definition) is 0. The summed E-state index contributed by atoms with van der Waals surface area (Å²) in [4.78, 5) is 0. The predicted octanol–water partition coefficient (Wildman–Crippen LogP) is 8.30. The van der Waals surface area contributed by atoms with Crippen LogP contribution in [-0.4, -0.2) is 0 Å². The average Bonchev–Trinajstić information content (AvgIpc) is 3.17. The van der Waals surface area contributed by atoms with Gasteiger partial charge in [0.1, 0.15) is 0 Å². The zero-order valence-electron chi connectivity index (χ0n) is 18.9. The molecule has 0 N–H and O–H groups in total. The SMILES string of the molecule is CCCCCCCCC1[C-]=Cc2ccccc21.Cc1c(C)c(C)[c-](C)c1C.[Hf]. The van der Waals surface area contributed by atoms with Crippen LogP contribution in [0.25, 0.3) is 6.08 Å². The summed E-state index contributed by atoms with van der Waals surface area (Å²) < 4.78 is 0. The molecular weight excluding hydrogens is 503 g/mol. The first-order chi connectivity index (χ1) is 13.0. The van der Waals surface area contributed by atoms with Gasteiger partial charge in [0.25, 0.3) is 0 Å². The van der Waals surface area contributed by atoms with Gasteiger partial charge in [0.2, 0.25) is 0 Å². The van der Waals surface area contributed by atoms with E-state index < -0.39 is 0 Å². The normalized spacial score (nSPS) is 14.3. The van der Waals surface area contributed by atoms with Gasteiger partial charge in [-0.3, -0.25) is 6.08 Å². The van der Waals surface area contributed by atoms with Crippen LogP contribution in [-0.2, 0) is 25.8 Å². The Bertz CT molecular complexity index is 668. The summed E-state index contributed by atoms with van der Waals surface area (Å²) in [6.07, 6.45) is 15.2. The minimum absolute atomic E-state index is 0. The van der Waals surface area contributed by atoms with Gasteiger partial charge in [-0.05, 0) is 0 Å². The Kier molecular flexibility index (Phi) is 11.4. The molecule has 0 saturated heterocycles. The van der Waals surface area contributed by atoms with Gasteiger partial charge in [0.05, 0.1) is 0 Å². The first-order valence-electron chi connectivity index (χ1n) is 10.8. The molecule has 0 fully saturated rings. The van der Waals surface area contributed by atoms with Crippen molar-refractivity contribution >= 4 is 6.08 Å². The van der Waals surface area contributed by atoms with E-state index in [1.54, 1.807) is 0 Å². The Hall–Kier alpha value is -0.820. The Morgan fingerprint density at radius 3 is 2.00 bits per heavy atom. The molecule has 0 bridgehead atoms. The van der Waals surface area contributed by atoms with Gasteiger partial charge in [0, 0.05) is 25.8 Å². The second kappa shape index (κ2) is 12.7.